The molecule has 0 radical (unpaired) electrons. The second-order valence-corrected chi connectivity index (χ2v) is 5.74. The lowest BCUT2D eigenvalue weighted by atomic mass is 9.93. The number of amides is 2. The van der Waals surface area contributed by atoms with Crippen LogP contribution in [0.15, 0.2) is 48.5 Å². The number of benzene rings is 2. The number of anilines is 1. The summed E-state index contributed by atoms with van der Waals surface area (Å²) >= 11 is 0. The summed E-state index contributed by atoms with van der Waals surface area (Å²) in [5.41, 5.74) is 0.634. The van der Waals surface area contributed by atoms with Crippen LogP contribution in [0.2, 0.25) is 0 Å². The topological polar surface area (TPSA) is 78.4 Å². The van der Waals surface area contributed by atoms with Crippen molar-refractivity contribution in [3.8, 4) is 0 Å². The van der Waals surface area contributed by atoms with Gasteiger partial charge >= 0.3 is 11.8 Å². The van der Waals surface area contributed by atoms with E-state index in [4.69, 9.17) is 0 Å². The van der Waals surface area contributed by atoms with Gasteiger partial charge < -0.3 is 15.7 Å². The third-order valence-corrected chi connectivity index (χ3v) is 3.91. The van der Waals surface area contributed by atoms with E-state index in [1.165, 1.54) is 0 Å². The lowest BCUT2D eigenvalue weighted by Gasteiger charge is -2.16. The SMILES string of the molecule is O=C(NCCC(CCO)c1ccccc1)C(=O)Nc1cc(F)ccc1F. The van der Waals surface area contributed by atoms with Gasteiger partial charge in [0.1, 0.15) is 11.6 Å². The van der Waals surface area contributed by atoms with Crippen LogP contribution in [0.4, 0.5) is 14.5 Å². The molecule has 7 heteroatoms. The minimum Gasteiger partial charge on any atom is -0.396 e. The quantitative estimate of drug-likeness (QED) is 0.663. The molecule has 2 aromatic carbocycles. The Hall–Kier alpha value is -2.80. The summed E-state index contributed by atoms with van der Waals surface area (Å²) in [5.74, 6) is -3.54. The van der Waals surface area contributed by atoms with Gasteiger partial charge in [-0.1, -0.05) is 30.3 Å². The van der Waals surface area contributed by atoms with Crippen molar-refractivity contribution in [2.75, 3.05) is 18.5 Å². The van der Waals surface area contributed by atoms with Gasteiger partial charge in [-0.05, 0) is 36.5 Å². The largest absolute Gasteiger partial charge is 0.396 e. The number of nitrogens with one attached hydrogen (secondary N) is 2. The molecule has 0 aromatic heterocycles. The van der Waals surface area contributed by atoms with Crippen LogP contribution in [0, 0.1) is 11.6 Å². The molecule has 0 aliphatic heterocycles. The average Bonchev–Trinajstić information content (AvgIpc) is 2.64. The molecule has 0 aliphatic carbocycles. The smallest absolute Gasteiger partial charge is 0.313 e. The maximum absolute atomic E-state index is 13.5. The first kappa shape index (κ1) is 19.5. The Morgan fingerprint density at radius 3 is 2.42 bits per heavy atom. The molecule has 0 saturated heterocycles. The Kier molecular flexibility index (Phi) is 7.23. The van der Waals surface area contributed by atoms with Gasteiger partial charge in [0.15, 0.2) is 0 Å². The van der Waals surface area contributed by atoms with Crippen molar-refractivity contribution in [3.63, 3.8) is 0 Å². The van der Waals surface area contributed by atoms with E-state index >= 15 is 0 Å². The lowest BCUT2D eigenvalue weighted by Crippen LogP contribution is -2.36. The number of carbonyl (C=O) groups is 2. The molecule has 2 aromatic rings. The van der Waals surface area contributed by atoms with Gasteiger partial charge in [0.2, 0.25) is 0 Å². The molecule has 2 amide bonds. The zero-order valence-corrected chi connectivity index (χ0v) is 14.0. The first-order valence-electron chi connectivity index (χ1n) is 8.21. The summed E-state index contributed by atoms with van der Waals surface area (Å²) in [6, 6.07) is 12.1. The molecular weight excluding hydrogens is 342 g/mol. The van der Waals surface area contributed by atoms with Gasteiger partial charge in [-0.15, -0.1) is 0 Å². The fraction of sp³-hybridized carbons (Fsp3) is 0.263. The summed E-state index contributed by atoms with van der Waals surface area (Å²) in [7, 11) is 0. The summed E-state index contributed by atoms with van der Waals surface area (Å²) < 4.78 is 26.6. The van der Waals surface area contributed by atoms with Crippen LogP contribution in [0.25, 0.3) is 0 Å². The average molecular weight is 362 g/mol. The molecule has 1 unspecified atom stereocenters. The normalized spacial score (nSPS) is 11.7. The highest BCUT2D eigenvalue weighted by atomic mass is 19.1. The molecule has 2 rings (SSSR count). The van der Waals surface area contributed by atoms with Crippen molar-refractivity contribution >= 4 is 17.5 Å². The maximum Gasteiger partial charge on any atom is 0.313 e. The van der Waals surface area contributed by atoms with Crippen molar-refractivity contribution < 1.29 is 23.5 Å². The molecular formula is C19H20F2N2O3. The molecule has 5 nitrogen and oxygen atoms in total. The number of rotatable bonds is 7. The zero-order chi connectivity index (χ0) is 18.9. The van der Waals surface area contributed by atoms with Crippen molar-refractivity contribution in [1.29, 1.82) is 0 Å². The van der Waals surface area contributed by atoms with Gasteiger partial charge in [-0.3, -0.25) is 9.59 Å². The van der Waals surface area contributed by atoms with E-state index in [1.807, 2.05) is 35.6 Å². The summed E-state index contributed by atoms with van der Waals surface area (Å²) in [6.45, 7) is 0.213. The Balaban J connectivity index is 1.87. The van der Waals surface area contributed by atoms with Crippen LogP contribution < -0.4 is 10.6 Å². The van der Waals surface area contributed by atoms with Crippen LogP contribution in [0.1, 0.15) is 24.3 Å². The Morgan fingerprint density at radius 1 is 1.00 bits per heavy atom. The van der Waals surface area contributed by atoms with Crippen molar-refractivity contribution in [3.05, 3.63) is 65.7 Å². The van der Waals surface area contributed by atoms with Crippen LogP contribution in [0.3, 0.4) is 0 Å². The van der Waals surface area contributed by atoms with E-state index in [9.17, 15) is 23.5 Å². The number of halogens is 2. The molecule has 0 bridgehead atoms. The Bertz CT molecular complexity index is 754. The fourth-order valence-corrected chi connectivity index (χ4v) is 2.57. The summed E-state index contributed by atoms with van der Waals surface area (Å²) in [4.78, 5) is 23.6. The predicted octanol–water partition coefficient (Wildman–Crippen LogP) is 2.58. The van der Waals surface area contributed by atoms with Crippen LogP contribution in [-0.4, -0.2) is 30.1 Å². The molecule has 0 spiro atoms. The molecule has 0 aliphatic rings. The maximum atomic E-state index is 13.5. The number of aliphatic hydroxyl groups is 1. The molecule has 26 heavy (non-hydrogen) atoms. The molecule has 0 fully saturated rings. The standard InChI is InChI=1S/C19H20F2N2O3/c20-15-6-7-16(21)17(12-15)23-19(26)18(25)22-10-8-14(9-11-24)13-4-2-1-3-5-13/h1-7,12,14,24H,8-11H2,(H,22,25)(H,23,26). The van der Waals surface area contributed by atoms with E-state index in [2.05, 4.69) is 5.32 Å². The van der Waals surface area contributed by atoms with E-state index < -0.39 is 29.1 Å². The van der Waals surface area contributed by atoms with E-state index in [1.54, 1.807) is 0 Å². The van der Waals surface area contributed by atoms with E-state index in [0.29, 0.717) is 12.8 Å². The van der Waals surface area contributed by atoms with Crippen molar-refractivity contribution in [1.82, 2.24) is 5.32 Å². The number of aliphatic hydroxyl groups excluding tert-OH is 1. The Morgan fingerprint density at radius 2 is 1.73 bits per heavy atom. The second kappa shape index (κ2) is 9.62. The molecule has 0 saturated carbocycles. The minimum atomic E-state index is -1.08. The zero-order valence-electron chi connectivity index (χ0n) is 14.0. The van der Waals surface area contributed by atoms with Crippen molar-refractivity contribution in [2.24, 2.45) is 0 Å². The van der Waals surface area contributed by atoms with Gasteiger partial charge in [-0.25, -0.2) is 8.78 Å². The van der Waals surface area contributed by atoms with Gasteiger partial charge in [0.25, 0.3) is 0 Å². The predicted molar refractivity (Wildman–Crippen MR) is 93.5 cm³/mol. The van der Waals surface area contributed by atoms with Gasteiger partial charge in [0.05, 0.1) is 5.69 Å². The summed E-state index contributed by atoms with van der Waals surface area (Å²) in [5, 5.41) is 13.7. The first-order chi connectivity index (χ1) is 12.5. The van der Waals surface area contributed by atoms with Crippen LogP contribution in [-0.2, 0) is 9.59 Å². The van der Waals surface area contributed by atoms with E-state index in [-0.39, 0.29) is 19.1 Å². The Labute approximate surface area is 150 Å². The van der Waals surface area contributed by atoms with Crippen LogP contribution >= 0.6 is 0 Å². The number of hydrogen-bond acceptors (Lipinski definition) is 3. The van der Waals surface area contributed by atoms with Crippen LogP contribution in [0.5, 0.6) is 0 Å². The third-order valence-electron chi connectivity index (χ3n) is 3.91. The fourth-order valence-electron chi connectivity index (χ4n) is 2.57. The molecule has 138 valence electrons. The van der Waals surface area contributed by atoms with Crippen molar-refractivity contribution in [2.45, 2.75) is 18.8 Å². The number of hydrogen-bond donors (Lipinski definition) is 3. The van der Waals surface area contributed by atoms with E-state index in [0.717, 1.165) is 23.8 Å². The molecule has 0 heterocycles. The summed E-state index contributed by atoms with van der Waals surface area (Å²) in [6.07, 6.45) is 1.05. The minimum absolute atomic E-state index is 0.00679. The third kappa shape index (κ3) is 5.63. The highest BCUT2D eigenvalue weighted by Gasteiger charge is 2.17. The highest BCUT2D eigenvalue weighted by Crippen LogP contribution is 2.22. The van der Waals surface area contributed by atoms with Gasteiger partial charge in [0, 0.05) is 19.2 Å². The lowest BCUT2D eigenvalue weighted by molar-refractivity contribution is -0.136. The highest BCUT2D eigenvalue weighted by molar-refractivity contribution is 6.39. The first-order valence-corrected chi connectivity index (χ1v) is 8.21. The molecule has 3 N–H and O–H groups in total. The molecule has 1 atom stereocenters. The second-order valence-electron chi connectivity index (χ2n) is 5.74. The number of carbonyl (C=O) groups excluding carboxylic acids is 2. The van der Waals surface area contributed by atoms with Gasteiger partial charge in [-0.2, -0.15) is 0 Å². The monoisotopic (exact) mass is 362 g/mol.